The summed E-state index contributed by atoms with van der Waals surface area (Å²) in [6.07, 6.45) is 0.769. The van der Waals surface area contributed by atoms with E-state index in [1.54, 1.807) is 13.0 Å². The molecule has 1 heterocycles. The third-order valence-corrected chi connectivity index (χ3v) is 5.66. The van der Waals surface area contributed by atoms with E-state index in [1.165, 1.54) is 0 Å². The molecule has 1 aromatic heterocycles. The maximum atomic E-state index is 11.9. The summed E-state index contributed by atoms with van der Waals surface area (Å²) in [5.41, 5.74) is 0.796. The Morgan fingerprint density at radius 3 is 2.65 bits per heavy atom. The first-order valence-electron chi connectivity index (χ1n) is 5.43. The highest BCUT2D eigenvalue weighted by Crippen LogP contribution is 2.29. The van der Waals surface area contributed by atoms with Crippen LogP contribution in [0.5, 0.6) is 0 Å². The van der Waals surface area contributed by atoms with Crippen molar-refractivity contribution in [3.05, 3.63) is 16.0 Å². The van der Waals surface area contributed by atoms with E-state index >= 15 is 0 Å². The van der Waals surface area contributed by atoms with Crippen molar-refractivity contribution in [2.75, 3.05) is 19.6 Å². The lowest BCUT2D eigenvalue weighted by Gasteiger charge is -2.04. The normalized spacial score (nSPS) is 11.9. The Labute approximate surface area is 111 Å². The van der Waals surface area contributed by atoms with Crippen molar-refractivity contribution in [1.29, 1.82) is 0 Å². The summed E-state index contributed by atoms with van der Waals surface area (Å²) < 4.78 is 27.1. The zero-order chi connectivity index (χ0) is 12.9. The average molecular weight is 297 g/mol. The largest absolute Gasteiger partial charge is 0.317 e. The minimum absolute atomic E-state index is 0.281. The van der Waals surface area contributed by atoms with Gasteiger partial charge in [-0.3, -0.25) is 0 Å². The van der Waals surface area contributed by atoms with E-state index in [0.717, 1.165) is 36.4 Å². The van der Waals surface area contributed by atoms with Crippen LogP contribution in [0, 0.1) is 6.92 Å². The first-order valence-corrected chi connectivity index (χ1v) is 8.11. The number of hydrogen-bond acceptors (Lipinski definition) is 4. The van der Waals surface area contributed by atoms with Crippen molar-refractivity contribution >= 4 is 33.0 Å². The Morgan fingerprint density at radius 1 is 1.41 bits per heavy atom. The van der Waals surface area contributed by atoms with Gasteiger partial charge in [0.15, 0.2) is 0 Å². The minimum atomic E-state index is -3.39. The Morgan fingerprint density at radius 2 is 2.12 bits per heavy atom. The van der Waals surface area contributed by atoms with Gasteiger partial charge >= 0.3 is 0 Å². The van der Waals surface area contributed by atoms with Crippen LogP contribution in [0.2, 0.25) is 4.34 Å². The van der Waals surface area contributed by atoms with Crippen LogP contribution >= 0.6 is 22.9 Å². The lowest BCUT2D eigenvalue weighted by atomic mass is 10.4. The highest BCUT2D eigenvalue weighted by atomic mass is 35.5. The number of halogens is 1. The maximum absolute atomic E-state index is 11.9. The quantitative estimate of drug-likeness (QED) is 0.757. The standard InChI is InChI=1S/C10H17ClN2O2S2/c1-3-12-5-4-6-13-17(14,15)9-7-8(2)10(11)16-9/h7,12-13H,3-6H2,1-2H3. The third-order valence-electron chi connectivity index (χ3n) is 2.17. The first-order chi connectivity index (χ1) is 7.97. The molecule has 0 bridgehead atoms. The van der Waals surface area contributed by atoms with Crippen LogP contribution in [0.4, 0.5) is 0 Å². The first kappa shape index (κ1) is 14.9. The molecule has 2 N–H and O–H groups in total. The summed E-state index contributed by atoms with van der Waals surface area (Å²) in [6.45, 7) is 5.95. The number of hydrogen-bond donors (Lipinski definition) is 2. The van der Waals surface area contributed by atoms with E-state index in [2.05, 4.69) is 10.0 Å². The fourth-order valence-electron chi connectivity index (χ4n) is 1.23. The SMILES string of the molecule is CCNCCCNS(=O)(=O)c1cc(C)c(Cl)s1. The fourth-order valence-corrected chi connectivity index (χ4v) is 4.06. The molecule has 0 fully saturated rings. The molecule has 1 aromatic rings. The second-order valence-corrected chi connectivity index (χ2v) is 7.28. The maximum Gasteiger partial charge on any atom is 0.250 e. The van der Waals surface area contributed by atoms with Gasteiger partial charge in [0.25, 0.3) is 0 Å². The number of thiophene rings is 1. The molecule has 17 heavy (non-hydrogen) atoms. The van der Waals surface area contributed by atoms with Gasteiger partial charge in [-0.1, -0.05) is 18.5 Å². The third kappa shape index (κ3) is 4.56. The molecule has 0 unspecified atom stereocenters. The molecule has 0 aromatic carbocycles. The van der Waals surface area contributed by atoms with Crippen LogP contribution in [0.15, 0.2) is 10.3 Å². The zero-order valence-electron chi connectivity index (χ0n) is 9.92. The van der Waals surface area contributed by atoms with E-state index in [4.69, 9.17) is 11.6 Å². The summed E-state index contributed by atoms with van der Waals surface area (Å²) >= 11 is 6.94. The van der Waals surface area contributed by atoms with Crippen molar-refractivity contribution in [3.8, 4) is 0 Å². The van der Waals surface area contributed by atoms with Gasteiger partial charge in [-0.05, 0) is 38.1 Å². The predicted molar refractivity (Wildman–Crippen MR) is 72.4 cm³/mol. The molecule has 0 spiro atoms. The van der Waals surface area contributed by atoms with Crippen LogP contribution < -0.4 is 10.0 Å². The van der Waals surface area contributed by atoms with Gasteiger partial charge in [-0.2, -0.15) is 0 Å². The van der Waals surface area contributed by atoms with Gasteiger partial charge in [0.05, 0.1) is 4.34 Å². The summed E-state index contributed by atoms with van der Waals surface area (Å²) in [5.74, 6) is 0. The van der Waals surface area contributed by atoms with Gasteiger partial charge in [-0.15, -0.1) is 11.3 Å². The topological polar surface area (TPSA) is 58.2 Å². The Balaban J connectivity index is 2.51. The van der Waals surface area contributed by atoms with E-state index < -0.39 is 10.0 Å². The van der Waals surface area contributed by atoms with Gasteiger partial charge in [0.1, 0.15) is 4.21 Å². The molecule has 0 saturated carbocycles. The molecule has 0 aliphatic heterocycles. The number of sulfonamides is 1. The molecular formula is C10H17ClN2O2S2. The molecule has 98 valence electrons. The molecule has 0 atom stereocenters. The van der Waals surface area contributed by atoms with E-state index in [0.29, 0.717) is 10.9 Å². The number of aryl methyl sites for hydroxylation is 1. The summed E-state index contributed by atoms with van der Waals surface area (Å²) in [5, 5.41) is 3.13. The van der Waals surface area contributed by atoms with Gasteiger partial charge in [0, 0.05) is 6.54 Å². The van der Waals surface area contributed by atoms with Crippen molar-refractivity contribution in [3.63, 3.8) is 0 Å². The van der Waals surface area contributed by atoms with Crippen molar-refractivity contribution in [1.82, 2.24) is 10.0 Å². The molecule has 0 radical (unpaired) electrons. The van der Waals surface area contributed by atoms with Crippen LogP contribution in [0.1, 0.15) is 18.9 Å². The zero-order valence-corrected chi connectivity index (χ0v) is 12.3. The predicted octanol–water partition coefficient (Wildman–Crippen LogP) is 1.99. The molecule has 7 heteroatoms. The number of rotatable bonds is 7. The highest BCUT2D eigenvalue weighted by Gasteiger charge is 2.17. The molecular weight excluding hydrogens is 280 g/mol. The number of nitrogens with one attached hydrogen (secondary N) is 2. The van der Waals surface area contributed by atoms with Crippen LogP contribution in [0.25, 0.3) is 0 Å². The van der Waals surface area contributed by atoms with E-state index in [-0.39, 0.29) is 4.21 Å². The highest BCUT2D eigenvalue weighted by molar-refractivity contribution is 7.91. The van der Waals surface area contributed by atoms with Gasteiger partial charge in [0.2, 0.25) is 10.0 Å². The van der Waals surface area contributed by atoms with E-state index in [1.807, 2.05) is 6.92 Å². The van der Waals surface area contributed by atoms with Crippen LogP contribution in [-0.2, 0) is 10.0 Å². The molecule has 0 amide bonds. The molecule has 0 saturated heterocycles. The van der Waals surface area contributed by atoms with Crippen molar-refractivity contribution in [2.24, 2.45) is 0 Å². The second-order valence-electron chi connectivity index (χ2n) is 3.63. The summed E-state index contributed by atoms with van der Waals surface area (Å²) in [6, 6.07) is 1.60. The molecule has 0 aliphatic rings. The Bertz CT molecular complexity index is 437. The molecule has 0 aliphatic carbocycles. The fraction of sp³-hybridized carbons (Fsp3) is 0.600. The minimum Gasteiger partial charge on any atom is -0.317 e. The van der Waals surface area contributed by atoms with E-state index in [9.17, 15) is 8.42 Å². The molecule has 4 nitrogen and oxygen atoms in total. The lowest BCUT2D eigenvalue weighted by Crippen LogP contribution is -2.26. The van der Waals surface area contributed by atoms with Crippen molar-refractivity contribution < 1.29 is 8.42 Å². The Kier molecular flexibility index (Phi) is 5.88. The Hall–Kier alpha value is -0.140. The molecule has 1 rings (SSSR count). The van der Waals surface area contributed by atoms with Crippen molar-refractivity contribution in [2.45, 2.75) is 24.5 Å². The summed E-state index contributed by atoms with van der Waals surface area (Å²) in [4.78, 5) is 0. The van der Waals surface area contributed by atoms with Gasteiger partial charge in [-0.25, -0.2) is 13.1 Å². The second kappa shape index (κ2) is 6.70. The smallest absolute Gasteiger partial charge is 0.250 e. The lowest BCUT2D eigenvalue weighted by molar-refractivity contribution is 0.577. The van der Waals surface area contributed by atoms with Crippen LogP contribution in [-0.4, -0.2) is 28.1 Å². The van der Waals surface area contributed by atoms with Gasteiger partial charge < -0.3 is 5.32 Å². The van der Waals surface area contributed by atoms with Crippen LogP contribution in [0.3, 0.4) is 0 Å². The summed E-state index contributed by atoms with van der Waals surface area (Å²) in [7, 11) is -3.39. The monoisotopic (exact) mass is 296 g/mol. The average Bonchev–Trinajstić information content (AvgIpc) is 2.60.